The Kier molecular flexibility index (Phi) is 4.60. The van der Waals surface area contributed by atoms with Crippen LogP contribution in [0, 0.1) is 0 Å². The van der Waals surface area contributed by atoms with Crippen LogP contribution in [0.25, 0.3) is 0 Å². The van der Waals surface area contributed by atoms with E-state index in [2.05, 4.69) is 29.1 Å². The van der Waals surface area contributed by atoms with Gasteiger partial charge >= 0.3 is 0 Å². The predicted octanol–water partition coefficient (Wildman–Crippen LogP) is 2.48. The van der Waals surface area contributed by atoms with Gasteiger partial charge in [0, 0.05) is 17.5 Å². The summed E-state index contributed by atoms with van der Waals surface area (Å²) in [6.45, 7) is 6.07. The fraction of sp³-hybridized carbons (Fsp3) is 0.385. The van der Waals surface area contributed by atoms with E-state index in [0.29, 0.717) is 5.92 Å². The van der Waals surface area contributed by atoms with Crippen molar-refractivity contribution in [2.45, 2.75) is 37.6 Å². The van der Waals surface area contributed by atoms with Gasteiger partial charge in [0.15, 0.2) is 0 Å². The predicted molar refractivity (Wildman–Crippen MR) is 83.9 cm³/mol. The molecule has 21 heavy (non-hydrogen) atoms. The zero-order valence-corrected chi connectivity index (χ0v) is 13.7. The average Bonchev–Trinajstić information content (AvgIpc) is 2.88. The van der Waals surface area contributed by atoms with Crippen LogP contribution in [0.4, 0.5) is 5.82 Å². The molecule has 1 unspecified atom stereocenters. The quantitative estimate of drug-likeness (QED) is 0.879. The number of sulfonamides is 1. The summed E-state index contributed by atoms with van der Waals surface area (Å²) in [4.78, 5) is 8.59. The van der Waals surface area contributed by atoms with E-state index < -0.39 is 10.0 Å². The molecule has 8 heteroatoms. The number of anilines is 1. The summed E-state index contributed by atoms with van der Waals surface area (Å²) in [7, 11) is -3.81. The molecule has 0 aromatic carbocycles. The lowest BCUT2D eigenvalue weighted by atomic mass is 10.2. The first-order valence-electron chi connectivity index (χ1n) is 6.48. The molecule has 0 bridgehead atoms. The molecule has 2 aromatic heterocycles. The minimum absolute atomic E-state index is 0.0174. The summed E-state index contributed by atoms with van der Waals surface area (Å²) < 4.78 is 23.1. The van der Waals surface area contributed by atoms with Crippen LogP contribution in [0.5, 0.6) is 0 Å². The molecule has 3 N–H and O–H groups in total. The number of aromatic nitrogens is 2. The molecule has 0 fully saturated rings. The Morgan fingerprint density at radius 1 is 1.33 bits per heavy atom. The summed E-state index contributed by atoms with van der Waals surface area (Å²) in [5.74, 6) is 0.609. The van der Waals surface area contributed by atoms with Crippen molar-refractivity contribution < 1.29 is 8.42 Å². The highest BCUT2D eigenvalue weighted by atomic mass is 32.2. The van der Waals surface area contributed by atoms with Gasteiger partial charge in [-0.05, 0) is 19.1 Å². The Labute approximate surface area is 128 Å². The van der Waals surface area contributed by atoms with E-state index in [1.54, 1.807) is 11.3 Å². The van der Waals surface area contributed by atoms with Crippen LogP contribution in [0.15, 0.2) is 28.6 Å². The number of pyridine rings is 1. The van der Waals surface area contributed by atoms with E-state index in [-0.39, 0.29) is 16.8 Å². The molecule has 1 atom stereocenters. The van der Waals surface area contributed by atoms with E-state index in [0.717, 1.165) is 10.7 Å². The molecule has 114 valence electrons. The highest BCUT2D eigenvalue weighted by molar-refractivity contribution is 7.89. The normalized spacial score (nSPS) is 13.4. The number of thiazole rings is 1. The molecular weight excluding hydrogens is 308 g/mol. The van der Waals surface area contributed by atoms with Crippen LogP contribution in [-0.4, -0.2) is 18.4 Å². The fourth-order valence-electron chi connectivity index (χ4n) is 1.77. The van der Waals surface area contributed by atoms with Crippen molar-refractivity contribution in [2.24, 2.45) is 5.14 Å². The van der Waals surface area contributed by atoms with Crippen LogP contribution in [0.3, 0.4) is 0 Å². The number of nitrogens with zero attached hydrogens (tertiary/aromatic N) is 2. The van der Waals surface area contributed by atoms with E-state index in [1.165, 1.54) is 18.3 Å². The maximum atomic E-state index is 11.5. The van der Waals surface area contributed by atoms with Gasteiger partial charge in [0.2, 0.25) is 10.0 Å². The van der Waals surface area contributed by atoms with Gasteiger partial charge in [0.1, 0.15) is 10.7 Å². The van der Waals surface area contributed by atoms with Crippen molar-refractivity contribution in [1.82, 2.24) is 9.97 Å². The lowest BCUT2D eigenvalue weighted by Gasteiger charge is -2.14. The van der Waals surface area contributed by atoms with Crippen molar-refractivity contribution >= 4 is 27.2 Å². The molecule has 0 amide bonds. The van der Waals surface area contributed by atoms with Crippen LogP contribution in [0.2, 0.25) is 0 Å². The first-order valence-corrected chi connectivity index (χ1v) is 8.91. The van der Waals surface area contributed by atoms with Crippen LogP contribution in [-0.2, 0) is 10.0 Å². The molecule has 0 aliphatic carbocycles. The Balaban J connectivity index is 2.25. The van der Waals surface area contributed by atoms with E-state index in [9.17, 15) is 8.42 Å². The summed E-state index contributed by atoms with van der Waals surface area (Å²) >= 11 is 1.59. The van der Waals surface area contributed by atoms with Crippen molar-refractivity contribution in [1.29, 1.82) is 0 Å². The minimum Gasteiger partial charge on any atom is -0.361 e. The number of rotatable bonds is 5. The second-order valence-electron chi connectivity index (χ2n) is 5.03. The molecule has 2 rings (SSSR count). The summed E-state index contributed by atoms with van der Waals surface area (Å²) in [5, 5.41) is 11.3. The Hall–Kier alpha value is -1.51. The maximum absolute atomic E-state index is 11.5. The van der Waals surface area contributed by atoms with Crippen LogP contribution in [0.1, 0.15) is 43.4 Å². The highest BCUT2D eigenvalue weighted by Gasteiger charge is 2.18. The van der Waals surface area contributed by atoms with Crippen molar-refractivity contribution in [3.63, 3.8) is 0 Å². The highest BCUT2D eigenvalue weighted by Crippen LogP contribution is 2.26. The Morgan fingerprint density at radius 3 is 2.62 bits per heavy atom. The molecule has 0 spiro atoms. The van der Waals surface area contributed by atoms with E-state index >= 15 is 0 Å². The number of hydrogen-bond acceptors (Lipinski definition) is 6. The standard InChI is InChI=1S/C13H18N4O2S2/c1-8(2)13-17-10(7-20-13)9(3)16-12-11(21(14,18)19)5-4-6-15-12/h4-9H,1-3H3,(H,15,16)(H2,14,18,19). The third kappa shape index (κ3) is 3.78. The van der Waals surface area contributed by atoms with Crippen molar-refractivity contribution in [2.75, 3.05) is 5.32 Å². The molecule has 6 nitrogen and oxygen atoms in total. The molecular formula is C13H18N4O2S2. The number of nitrogens with two attached hydrogens (primary N) is 1. The van der Waals surface area contributed by atoms with Gasteiger partial charge in [0.05, 0.1) is 16.7 Å². The van der Waals surface area contributed by atoms with Crippen LogP contribution < -0.4 is 10.5 Å². The van der Waals surface area contributed by atoms with E-state index in [1.807, 2.05) is 12.3 Å². The van der Waals surface area contributed by atoms with Gasteiger partial charge in [-0.2, -0.15) is 0 Å². The lowest BCUT2D eigenvalue weighted by molar-refractivity contribution is 0.597. The first kappa shape index (κ1) is 15.9. The van der Waals surface area contributed by atoms with Gasteiger partial charge < -0.3 is 5.32 Å². The molecule has 0 saturated heterocycles. The van der Waals surface area contributed by atoms with Crippen LogP contribution >= 0.6 is 11.3 Å². The fourth-order valence-corrected chi connectivity index (χ4v) is 3.35. The second kappa shape index (κ2) is 6.08. The number of primary sulfonamides is 1. The van der Waals surface area contributed by atoms with Gasteiger partial charge in [-0.15, -0.1) is 11.3 Å². The van der Waals surface area contributed by atoms with E-state index in [4.69, 9.17) is 5.14 Å². The topological polar surface area (TPSA) is 98.0 Å². The zero-order chi connectivity index (χ0) is 15.6. The molecule has 2 heterocycles. The zero-order valence-electron chi connectivity index (χ0n) is 12.1. The molecule has 2 aromatic rings. The smallest absolute Gasteiger partial charge is 0.241 e. The van der Waals surface area contributed by atoms with Crippen molar-refractivity contribution in [3.8, 4) is 0 Å². The minimum atomic E-state index is -3.81. The lowest BCUT2D eigenvalue weighted by Crippen LogP contribution is -2.17. The molecule has 0 radical (unpaired) electrons. The SMILES string of the molecule is CC(C)c1nc(C(C)Nc2ncccc2S(N)(=O)=O)cs1. The Morgan fingerprint density at radius 2 is 2.05 bits per heavy atom. The van der Waals surface area contributed by atoms with Gasteiger partial charge in [-0.3, -0.25) is 0 Å². The third-order valence-corrected chi connectivity index (χ3v) is 5.01. The van der Waals surface area contributed by atoms with Gasteiger partial charge in [0.25, 0.3) is 0 Å². The van der Waals surface area contributed by atoms with Gasteiger partial charge in [-0.25, -0.2) is 23.5 Å². The summed E-state index contributed by atoms with van der Waals surface area (Å²) in [6.07, 6.45) is 1.52. The second-order valence-corrected chi connectivity index (χ2v) is 7.45. The molecule has 0 saturated carbocycles. The van der Waals surface area contributed by atoms with Crippen molar-refractivity contribution in [3.05, 3.63) is 34.4 Å². The molecule has 0 aliphatic rings. The summed E-state index contributed by atoms with van der Waals surface area (Å²) in [6, 6.07) is 2.80. The average molecular weight is 326 g/mol. The Bertz CT molecular complexity index is 725. The summed E-state index contributed by atoms with van der Waals surface area (Å²) in [5.41, 5.74) is 0.856. The first-order chi connectivity index (χ1) is 9.79. The maximum Gasteiger partial charge on any atom is 0.241 e. The number of nitrogens with one attached hydrogen (secondary N) is 1. The largest absolute Gasteiger partial charge is 0.361 e. The van der Waals surface area contributed by atoms with Gasteiger partial charge in [-0.1, -0.05) is 13.8 Å². The molecule has 0 aliphatic heterocycles. The number of hydrogen-bond donors (Lipinski definition) is 2. The third-order valence-electron chi connectivity index (χ3n) is 2.91. The monoisotopic (exact) mass is 326 g/mol.